The number of nitrogens with one attached hydrogen (secondary N) is 1. The van der Waals surface area contributed by atoms with Crippen LogP contribution >= 0.6 is 0 Å². The molecule has 2 aromatic carbocycles. The minimum Gasteiger partial charge on any atom is -0.493 e. The Morgan fingerprint density at radius 2 is 1.70 bits per heavy atom. The standard InChI is InChI=1S/C27H27N5O5/c1-31(15-13-18-8-6-7-14-28-18)24(33)17-29-26(34)25-20-9-4-5-10-21(20)27(35)32(30-25)19-11-12-22(36-2)23(16-19)37-3/h4-12,14,16H,13,15,17H2,1-3H3,(H,29,34). The fourth-order valence-corrected chi connectivity index (χ4v) is 3.82. The highest BCUT2D eigenvalue weighted by atomic mass is 16.5. The van der Waals surface area contributed by atoms with E-state index in [0.717, 1.165) is 10.4 Å². The molecule has 2 amide bonds. The Bertz CT molecular complexity index is 1490. The fraction of sp³-hybridized carbons (Fsp3) is 0.222. The van der Waals surface area contributed by atoms with E-state index < -0.39 is 11.5 Å². The number of fused-ring (bicyclic) bond motifs is 1. The van der Waals surface area contributed by atoms with E-state index in [9.17, 15) is 14.4 Å². The minimum absolute atomic E-state index is 0.0222. The minimum atomic E-state index is -0.572. The quantitative estimate of drug-likeness (QED) is 0.374. The van der Waals surface area contributed by atoms with Gasteiger partial charge in [0, 0.05) is 43.4 Å². The molecule has 10 nitrogen and oxygen atoms in total. The zero-order valence-corrected chi connectivity index (χ0v) is 20.8. The zero-order valence-electron chi connectivity index (χ0n) is 20.8. The van der Waals surface area contributed by atoms with Gasteiger partial charge in [0.2, 0.25) is 5.91 Å². The molecule has 0 unspecified atom stereocenters. The maximum Gasteiger partial charge on any atom is 0.279 e. The second-order valence-electron chi connectivity index (χ2n) is 8.22. The molecule has 2 heterocycles. The normalized spacial score (nSPS) is 10.7. The van der Waals surface area contributed by atoms with Crippen LogP contribution in [0.2, 0.25) is 0 Å². The van der Waals surface area contributed by atoms with Crippen molar-refractivity contribution in [2.75, 3.05) is 34.4 Å². The topological polar surface area (TPSA) is 116 Å². The molecule has 0 fully saturated rings. The van der Waals surface area contributed by atoms with Crippen LogP contribution < -0.4 is 20.3 Å². The third-order valence-corrected chi connectivity index (χ3v) is 5.89. The molecule has 0 atom stereocenters. The van der Waals surface area contributed by atoms with Gasteiger partial charge in [-0.3, -0.25) is 19.4 Å². The van der Waals surface area contributed by atoms with E-state index in [1.54, 1.807) is 55.7 Å². The molecule has 0 saturated heterocycles. The largest absolute Gasteiger partial charge is 0.493 e. The summed E-state index contributed by atoms with van der Waals surface area (Å²) >= 11 is 0. The smallest absolute Gasteiger partial charge is 0.279 e. The summed E-state index contributed by atoms with van der Waals surface area (Å²) < 4.78 is 11.8. The molecule has 190 valence electrons. The van der Waals surface area contributed by atoms with E-state index in [4.69, 9.17) is 9.47 Å². The number of ether oxygens (including phenoxy) is 2. The molecule has 10 heteroatoms. The van der Waals surface area contributed by atoms with Crippen LogP contribution in [0.1, 0.15) is 16.2 Å². The van der Waals surface area contributed by atoms with Crippen molar-refractivity contribution in [2.45, 2.75) is 6.42 Å². The van der Waals surface area contributed by atoms with Crippen molar-refractivity contribution in [3.63, 3.8) is 0 Å². The third-order valence-electron chi connectivity index (χ3n) is 5.89. The van der Waals surface area contributed by atoms with Gasteiger partial charge >= 0.3 is 0 Å². The fourth-order valence-electron chi connectivity index (χ4n) is 3.82. The van der Waals surface area contributed by atoms with E-state index in [1.165, 1.54) is 19.1 Å². The number of nitrogens with zero attached hydrogens (tertiary/aromatic N) is 4. The van der Waals surface area contributed by atoms with Gasteiger partial charge in [-0.1, -0.05) is 24.3 Å². The maximum absolute atomic E-state index is 13.2. The number of amides is 2. The Labute approximate surface area is 213 Å². The Balaban J connectivity index is 1.57. The number of rotatable bonds is 9. The van der Waals surface area contributed by atoms with Crippen molar-refractivity contribution in [2.24, 2.45) is 0 Å². The summed E-state index contributed by atoms with van der Waals surface area (Å²) in [5.41, 5.74) is 0.894. The van der Waals surface area contributed by atoms with Gasteiger partial charge < -0.3 is 19.7 Å². The summed E-state index contributed by atoms with van der Waals surface area (Å²) in [6, 6.07) is 17.2. The van der Waals surface area contributed by atoms with Gasteiger partial charge in [-0.25, -0.2) is 0 Å². The second kappa shape index (κ2) is 11.3. The van der Waals surface area contributed by atoms with E-state index in [1.807, 2.05) is 18.2 Å². The van der Waals surface area contributed by atoms with E-state index >= 15 is 0 Å². The highest BCUT2D eigenvalue weighted by molar-refractivity contribution is 6.05. The lowest BCUT2D eigenvalue weighted by molar-refractivity contribution is -0.128. The van der Waals surface area contributed by atoms with Crippen molar-refractivity contribution in [1.82, 2.24) is 25.0 Å². The molecule has 0 radical (unpaired) electrons. The number of carbonyl (C=O) groups is 2. The molecule has 4 aromatic rings. The van der Waals surface area contributed by atoms with Crippen molar-refractivity contribution < 1.29 is 19.1 Å². The molecule has 1 N–H and O–H groups in total. The van der Waals surface area contributed by atoms with Gasteiger partial charge in [-0.15, -0.1) is 0 Å². The molecule has 0 bridgehead atoms. The van der Waals surface area contributed by atoms with Gasteiger partial charge in [-0.05, 0) is 30.3 Å². The molecular weight excluding hydrogens is 474 g/mol. The SMILES string of the molecule is COc1ccc(-n2nc(C(=O)NCC(=O)N(C)CCc3ccccn3)c3ccccc3c2=O)cc1OC. The predicted molar refractivity (Wildman–Crippen MR) is 138 cm³/mol. The van der Waals surface area contributed by atoms with Gasteiger partial charge in [0.1, 0.15) is 0 Å². The van der Waals surface area contributed by atoms with Crippen LogP contribution in [0.4, 0.5) is 0 Å². The molecule has 0 aliphatic carbocycles. The van der Waals surface area contributed by atoms with Crippen molar-refractivity contribution in [1.29, 1.82) is 0 Å². The summed E-state index contributed by atoms with van der Waals surface area (Å²) in [7, 11) is 4.67. The third kappa shape index (κ3) is 5.58. The summed E-state index contributed by atoms with van der Waals surface area (Å²) in [5.74, 6) is 0.0645. The van der Waals surface area contributed by atoms with Crippen LogP contribution in [0.15, 0.2) is 71.7 Å². The highest BCUT2D eigenvalue weighted by Crippen LogP contribution is 2.28. The summed E-state index contributed by atoms with van der Waals surface area (Å²) in [6.07, 6.45) is 2.30. The van der Waals surface area contributed by atoms with Crippen LogP contribution in [0.5, 0.6) is 11.5 Å². The number of hydrogen-bond donors (Lipinski definition) is 1. The van der Waals surface area contributed by atoms with Gasteiger partial charge in [0.25, 0.3) is 11.5 Å². The summed E-state index contributed by atoms with van der Waals surface area (Å²) in [6.45, 7) is 0.236. The molecule has 0 aliphatic heterocycles. The Kier molecular flexibility index (Phi) is 7.77. The maximum atomic E-state index is 13.2. The number of methoxy groups -OCH3 is 2. The Morgan fingerprint density at radius 3 is 2.41 bits per heavy atom. The van der Waals surface area contributed by atoms with Crippen molar-refractivity contribution in [3.8, 4) is 17.2 Å². The number of benzene rings is 2. The van der Waals surface area contributed by atoms with Gasteiger partial charge in [-0.2, -0.15) is 9.78 Å². The average molecular weight is 502 g/mol. The molecular formula is C27H27N5O5. The lowest BCUT2D eigenvalue weighted by Crippen LogP contribution is -2.39. The first kappa shape index (κ1) is 25.4. The van der Waals surface area contributed by atoms with E-state index in [2.05, 4.69) is 15.4 Å². The Morgan fingerprint density at radius 1 is 0.973 bits per heavy atom. The lowest BCUT2D eigenvalue weighted by atomic mass is 10.1. The molecule has 2 aromatic heterocycles. The first-order valence-corrected chi connectivity index (χ1v) is 11.6. The van der Waals surface area contributed by atoms with Crippen molar-refractivity contribution in [3.05, 3.63) is 88.6 Å². The Hall–Kier alpha value is -4.73. The first-order valence-electron chi connectivity index (χ1n) is 11.6. The molecule has 4 rings (SSSR count). The predicted octanol–water partition coefficient (Wildman–Crippen LogP) is 2.23. The average Bonchev–Trinajstić information content (AvgIpc) is 2.94. The van der Waals surface area contributed by atoms with E-state index in [-0.39, 0.29) is 18.1 Å². The number of aromatic nitrogens is 3. The molecule has 37 heavy (non-hydrogen) atoms. The molecule has 0 aliphatic rings. The zero-order chi connectivity index (χ0) is 26.4. The van der Waals surface area contributed by atoms with E-state index in [0.29, 0.717) is 40.9 Å². The summed E-state index contributed by atoms with van der Waals surface area (Å²) in [5, 5.41) is 7.71. The van der Waals surface area contributed by atoms with Gasteiger partial charge in [0.05, 0.1) is 31.8 Å². The van der Waals surface area contributed by atoms with Crippen LogP contribution in [0.25, 0.3) is 16.5 Å². The van der Waals surface area contributed by atoms with Crippen LogP contribution in [0, 0.1) is 0 Å². The first-order chi connectivity index (χ1) is 17.9. The van der Waals surface area contributed by atoms with Crippen molar-refractivity contribution >= 4 is 22.6 Å². The number of pyridine rings is 1. The molecule has 0 saturated carbocycles. The molecule has 0 spiro atoms. The number of likely N-dealkylation sites (N-methyl/N-ethyl adjacent to an activating group) is 1. The monoisotopic (exact) mass is 501 g/mol. The van der Waals surface area contributed by atoms with Crippen LogP contribution in [-0.4, -0.2) is 65.8 Å². The lowest BCUT2D eigenvalue weighted by Gasteiger charge is -2.17. The van der Waals surface area contributed by atoms with Crippen LogP contribution in [-0.2, 0) is 11.2 Å². The number of carbonyl (C=O) groups excluding carboxylic acids is 2. The summed E-state index contributed by atoms with van der Waals surface area (Å²) in [4.78, 5) is 44.8. The number of hydrogen-bond acceptors (Lipinski definition) is 7. The highest BCUT2D eigenvalue weighted by Gasteiger charge is 2.19. The second-order valence-corrected chi connectivity index (χ2v) is 8.22. The van der Waals surface area contributed by atoms with Crippen LogP contribution in [0.3, 0.4) is 0 Å². The van der Waals surface area contributed by atoms with Gasteiger partial charge in [0.15, 0.2) is 17.2 Å².